The number of anilines is 1. The molecule has 0 bridgehead atoms. The van der Waals surface area contributed by atoms with E-state index in [0.717, 1.165) is 11.8 Å². The molecule has 0 saturated carbocycles. The molecule has 104 valence electrons. The van der Waals surface area contributed by atoms with Gasteiger partial charge in [-0.15, -0.1) is 11.3 Å². The summed E-state index contributed by atoms with van der Waals surface area (Å²) in [6.45, 7) is 2.04. The van der Waals surface area contributed by atoms with E-state index in [2.05, 4.69) is 10.3 Å². The van der Waals surface area contributed by atoms with E-state index in [9.17, 15) is 13.2 Å². The second-order valence-electron chi connectivity index (χ2n) is 4.11. The molecule has 1 heterocycles. The Hall–Kier alpha value is -2.07. The lowest BCUT2D eigenvalue weighted by molar-refractivity contribution is -0.137. The van der Waals surface area contributed by atoms with Crippen molar-refractivity contribution in [3.05, 3.63) is 45.4 Å². The van der Waals surface area contributed by atoms with Gasteiger partial charge in [-0.2, -0.15) is 18.4 Å². The monoisotopic (exact) mass is 297 g/mol. The number of thiazole rings is 1. The van der Waals surface area contributed by atoms with Crippen LogP contribution in [0.1, 0.15) is 21.8 Å². The van der Waals surface area contributed by atoms with Gasteiger partial charge in [0.05, 0.1) is 23.7 Å². The van der Waals surface area contributed by atoms with Crippen molar-refractivity contribution in [1.82, 2.24) is 4.98 Å². The summed E-state index contributed by atoms with van der Waals surface area (Å²) < 4.78 is 38.8. The number of hydrogen-bond donors (Lipinski definition) is 1. The number of aromatic nitrogens is 1. The molecule has 0 aliphatic carbocycles. The zero-order valence-electron chi connectivity index (χ0n) is 10.5. The van der Waals surface area contributed by atoms with E-state index >= 15 is 0 Å². The van der Waals surface area contributed by atoms with Crippen molar-refractivity contribution in [2.24, 2.45) is 0 Å². The van der Waals surface area contributed by atoms with Crippen molar-refractivity contribution in [2.75, 3.05) is 5.32 Å². The molecule has 0 aliphatic rings. The summed E-state index contributed by atoms with van der Waals surface area (Å²) in [6, 6.07) is 5.17. The maximum atomic E-state index is 12.9. The summed E-state index contributed by atoms with van der Waals surface area (Å²) in [5, 5.41) is 13.9. The van der Waals surface area contributed by atoms with Crippen molar-refractivity contribution in [3.8, 4) is 6.07 Å². The zero-order valence-corrected chi connectivity index (χ0v) is 11.3. The number of halogens is 3. The number of rotatable bonds is 3. The second-order valence-corrected chi connectivity index (χ2v) is 5.05. The molecule has 1 aromatic carbocycles. The first-order chi connectivity index (χ1) is 9.40. The van der Waals surface area contributed by atoms with Crippen LogP contribution in [0.4, 0.5) is 18.9 Å². The lowest BCUT2D eigenvalue weighted by Crippen LogP contribution is -2.11. The molecule has 0 aliphatic heterocycles. The first-order valence-electron chi connectivity index (χ1n) is 5.66. The average Bonchev–Trinajstić information content (AvgIpc) is 2.81. The maximum absolute atomic E-state index is 12.9. The van der Waals surface area contributed by atoms with Crippen molar-refractivity contribution in [2.45, 2.75) is 19.6 Å². The van der Waals surface area contributed by atoms with Gasteiger partial charge in [0, 0.05) is 16.8 Å². The minimum atomic E-state index is -4.51. The molecular formula is C13H10F3N3S. The maximum Gasteiger partial charge on any atom is 0.418 e. The van der Waals surface area contributed by atoms with Gasteiger partial charge >= 0.3 is 6.18 Å². The standard InChI is InChI=1S/C13H10F3N3S/c1-8-7-20-12(19-8)6-18-11-3-2-9(5-17)4-10(11)13(14,15)16/h2-4,7,18H,6H2,1H3. The van der Waals surface area contributed by atoms with Crippen LogP contribution in [0.3, 0.4) is 0 Å². The first-order valence-corrected chi connectivity index (χ1v) is 6.54. The van der Waals surface area contributed by atoms with Crippen LogP contribution in [0.5, 0.6) is 0 Å². The summed E-state index contributed by atoms with van der Waals surface area (Å²) in [4.78, 5) is 4.17. The normalized spacial score (nSPS) is 11.2. The van der Waals surface area contributed by atoms with Gasteiger partial charge in [-0.05, 0) is 25.1 Å². The molecule has 0 amide bonds. The quantitative estimate of drug-likeness (QED) is 0.933. The van der Waals surface area contributed by atoms with Gasteiger partial charge in [-0.3, -0.25) is 0 Å². The molecule has 0 atom stereocenters. The van der Waals surface area contributed by atoms with Crippen LogP contribution in [0.25, 0.3) is 0 Å². The fraction of sp³-hybridized carbons (Fsp3) is 0.231. The molecule has 7 heteroatoms. The minimum Gasteiger partial charge on any atom is -0.378 e. The fourth-order valence-electron chi connectivity index (χ4n) is 1.66. The smallest absolute Gasteiger partial charge is 0.378 e. The van der Waals surface area contributed by atoms with E-state index in [1.165, 1.54) is 23.5 Å². The molecule has 0 radical (unpaired) electrons. The van der Waals surface area contributed by atoms with Crippen LogP contribution in [-0.2, 0) is 12.7 Å². The highest BCUT2D eigenvalue weighted by atomic mass is 32.1. The molecule has 0 spiro atoms. The summed E-state index contributed by atoms with van der Waals surface area (Å²) >= 11 is 1.38. The van der Waals surface area contributed by atoms with Crippen LogP contribution in [0.15, 0.2) is 23.6 Å². The van der Waals surface area contributed by atoms with Crippen LogP contribution >= 0.6 is 11.3 Å². The first kappa shape index (κ1) is 14.3. The summed E-state index contributed by atoms with van der Waals surface area (Å²) in [7, 11) is 0. The lowest BCUT2D eigenvalue weighted by Gasteiger charge is -2.14. The molecule has 1 aromatic heterocycles. The summed E-state index contributed by atoms with van der Waals surface area (Å²) in [6.07, 6.45) is -4.51. The third kappa shape index (κ3) is 3.27. The van der Waals surface area contributed by atoms with Gasteiger partial charge < -0.3 is 5.32 Å². The predicted molar refractivity (Wildman–Crippen MR) is 70.3 cm³/mol. The van der Waals surface area contributed by atoms with E-state index in [4.69, 9.17) is 5.26 Å². The van der Waals surface area contributed by atoms with E-state index in [1.54, 1.807) is 6.07 Å². The summed E-state index contributed by atoms with van der Waals surface area (Å²) in [5.41, 5.74) is -0.0789. The average molecular weight is 297 g/mol. The number of benzene rings is 1. The Morgan fingerprint density at radius 1 is 1.40 bits per heavy atom. The number of alkyl halides is 3. The fourth-order valence-corrected chi connectivity index (χ4v) is 2.37. The van der Waals surface area contributed by atoms with Crippen molar-refractivity contribution in [3.63, 3.8) is 0 Å². The molecule has 20 heavy (non-hydrogen) atoms. The Morgan fingerprint density at radius 2 is 2.15 bits per heavy atom. The molecule has 3 nitrogen and oxygen atoms in total. The SMILES string of the molecule is Cc1csc(CNc2ccc(C#N)cc2C(F)(F)F)n1. The molecule has 0 fully saturated rings. The number of nitriles is 1. The van der Waals surface area contributed by atoms with E-state index in [-0.39, 0.29) is 17.8 Å². The Balaban J connectivity index is 2.25. The third-order valence-corrected chi connectivity index (χ3v) is 3.52. The lowest BCUT2D eigenvalue weighted by atomic mass is 10.1. The highest BCUT2D eigenvalue weighted by Gasteiger charge is 2.33. The topological polar surface area (TPSA) is 48.7 Å². The predicted octanol–water partition coefficient (Wildman–Crippen LogP) is 3.95. The molecule has 2 aromatic rings. The van der Waals surface area contributed by atoms with Gasteiger partial charge in [0.15, 0.2) is 0 Å². The molecule has 0 saturated heterocycles. The Bertz CT molecular complexity index is 656. The van der Waals surface area contributed by atoms with Crippen LogP contribution in [0, 0.1) is 18.3 Å². The van der Waals surface area contributed by atoms with Gasteiger partial charge in [-0.25, -0.2) is 4.98 Å². The second kappa shape index (κ2) is 5.51. The van der Waals surface area contributed by atoms with Crippen LogP contribution < -0.4 is 5.32 Å². The zero-order chi connectivity index (χ0) is 14.8. The Labute approximate surface area is 117 Å². The van der Waals surface area contributed by atoms with Crippen molar-refractivity contribution >= 4 is 17.0 Å². The Morgan fingerprint density at radius 3 is 2.70 bits per heavy atom. The van der Waals surface area contributed by atoms with Gasteiger partial charge in [0.2, 0.25) is 0 Å². The molecule has 1 N–H and O–H groups in total. The van der Waals surface area contributed by atoms with Crippen LogP contribution in [0.2, 0.25) is 0 Å². The molecular weight excluding hydrogens is 287 g/mol. The highest BCUT2D eigenvalue weighted by Crippen LogP contribution is 2.35. The van der Waals surface area contributed by atoms with Gasteiger partial charge in [0.25, 0.3) is 0 Å². The largest absolute Gasteiger partial charge is 0.418 e. The number of aryl methyl sites for hydroxylation is 1. The molecule has 2 rings (SSSR count). The van der Waals surface area contributed by atoms with Crippen molar-refractivity contribution < 1.29 is 13.2 Å². The molecule has 0 unspecified atom stereocenters. The number of hydrogen-bond acceptors (Lipinski definition) is 4. The third-order valence-electron chi connectivity index (χ3n) is 2.55. The summed E-state index contributed by atoms with van der Waals surface area (Å²) in [5.74, 6) is 0. The minimum absolute atomic E-state index is 0.0204. The van der Waals surface area contributed by atoms with E-state index in [1.807, 2.05) is 12.3 Å². The van der Waals surface area contributed by atoms with Gasteiger partial charge in [0.1, 0.15) is 5.01 Å². The number of nitrogens with zero attached hydrogens (tertiary/aromatic N) is 2. The Kier molecular flexibility index (Phi) is 3.95. The number of nitrogens with one attached hydrogen (secondary N) is 1. The van der Waals surface area contributed by atoms with Crippen molar-refractivity contribution in [1.29, 1.82) is 5.26 Å². The van der Waals surface area contributed by atoms with E-state index in [0.29, 0.717) is 5.01 Å². The van der Waals surface area contributed by atoms with Crippen LogP contribution in [-0.4, -0.2) is 4.98 Å². The van der Waals surface area contributed by atoms with Gasteiger partial charge in [-0.1, -0.05) is 0 Å². The highest BCUT2D eigenvalue weighted by molar-refractivity contribution is 7.09. The van der Waals surface area contributed by atoms with E-state index < -0.39 is 11.7 Å².